The van der Waals surface area contributed by atoms with Gasteiger partial charge in [-0.05, 0) is 31.0 Å². The monoisotopic (exact) mass is 426 g/mol. The third kappa shape index (κ3) is 6.04. The summed E-state index contributed by atoms with van der Waals surface area (Å²) < 4.78 is 43.2. The van der Waals surface area contributed by atoms with Crippen molar-refractivity contribution >= 4 is 35.2 Å². The van der Waals surface area contributed by atoms with Crippen LogP contribution in [-0.2, 0) is 9.53 Å². The molecule has 0 aliphatic heterocycles. The van der Waals surface area contributed by atoms with Gasteiger partial charge in [-0.1, -0.05) is 35.3 Å². The van der Waals surface area contributed by atoms with Crippen molar-refractivity contribution in [1.29, 1.82) is 0 Å². The van der Waals surface area contributed by atoms with Crippen LogP contribution in [0.1, 0.15) is 31.4 Å². The molecule has 1 aromatic carbocycles. The summed E-state index contributed by atoms with van der Waals surface area (Å²) in [4.78, 5) is 24.5. The highest BCUT2D eigenvalue weighted by Crippen LogP contribution is 2.39. The molecule has 1 rings (SSSR count). The lowest BCUT2D eigenvalue weighted by molar-refractivity contribution is -0.167. The van der Waals surface area contributed by atoms with Gasteiger partial charge in [0.25, 0.3) is 0 Å². The van der Waals surface area contributed by atoms with Crippen molar-refractivity contribution in [3.63, 3.8) is 0 Å². The van der Waals surface area contributed by atoms with Gasteiger partial charge in [-0.2, -0.15) is 13.2 Å². The van der Waals surface area contributed by atoms with Crippen molar-refractivity contribution in [3.05, 3.63) is 46.5 Å². The lowest BCUT2D eigenvalue weighted by atomic mass is 9.84. The van der Waals surface area contributed by atoms with Crippen LogP contribution in [-0.4, -0.2) is 35.7 Å². The number of nitrogens with zero attached hydrogens (tertiary/aromatic N) is 1. The van der Waals surface area contributed by atoms with Gasteiger partial charge in [0.1, 0.15) is 6.42 Å². The van der Waals surface area contributed by atoms with Crippen LogP contribution in [0.3, 0.4) is 0 Å². The Morgan fingerprint density at radius 2 is 1.93 bits per heavy atom. The van der Waals surface area contributed by atoms with Crippen molar-refractivity contribution in [2.75, 3.05) is 7.05 Å². The number of likely N-dealkylation sites (N-methyl/N-ethyl adjacent to an activating group) is 1. The molecule has 27 heavy (non-hydrogen) atoms. The van der Waals surface area contributed by atoms with Crippen molar-refractivity contribution < 1.29 is 27.5 Å². The minimum atomic E-state index is -4.69. The summed E-state index contributed by atoms with van der Waals surface area (Å²) in [5.74, 6) is -1.20. The molecule has 2 amide bonds. The molecular formula is C17H19Cl2F3N2O3. The molecule has 0 bridgehead atoms. The summed E-state index contributed by atoms with van der Waals surface area (Å²) in [6.45, 7) is 5.03. The minimum Gasteiger partial charge on any atom is -0.439 e. The molecule has 0 saturated heterocycles. The van der Waals surface area contributed by atoms with E-state index in [0.29, 0.717) is 5.56 Å². The first-order chi connectivity index (χ1) is 12.3. The van der Waals surface area contributed by atoms with E-state index >= 15 is 0 Å². The average molecular weight is 427 g/mol. The number of halogens is 5. The third-order valence-electron chi connectivity index (χ3n) is 4.09. The summed E-state index contributed by atoms with van der Waals surface area (Å²) in [5, 5.41) is 0.364. The number of nitrogens with two attached hydrogens (primary N) is 1. The van der Waals surface area contributed by atoms with E-state index in [1.807, 2.05) is 0 Å². The maximum absolute atomic E-state index is 12.7. The smallest absolute Gasteiger partial charge is 0.405 e. The average Bonchev–Trinajstić information content (AvgIpc) is 2.53. The Morgan fingerprint density at radius 1 is 1.33 bits per heavy atom. The van der Waals surface area contributed by atoms with E-state index < -0.39 is 36.2 Å². The highest BCUT2D eigenvalue weighted by atomic mass is 35.5. The van der Waals surface area contributed by atoms with Gasteiger partial charge in [0, 0.05) is 7.05 Å². The molecule has 0 radical (unpaired) electrons. The second-order valence-corrected chi connectivity index (χ2v) is 6.90. The van der Waals surface area contributed by atoms with Crippen LogP contribution in [0.4, 0.5) is 18.0 Å². The summed E-state index contributed by atoms with van der Waals surface area (Å²) in [6.07, 6.45) is -7.34. The van der Waals surface area contributed by atoms with Crippen LogP contribution in [0, 0.1) is 0 Å². The van der Waals surface area contributed by atoms with Crippen LogP contribution in [0.5, 0.6) is 0 Å². The predicted molar refractivity (Wildman–Crippen MR) is 96.5 cm³/mol. The zero-order chi connectivity index (χ0) is 21.0. The second kappa shape index (κ2) is 8.84. The van der Waals surface area contributed by atoms with Gasteiger partial charge >= 0.3 is 12.3 Å². The molecule has 0 aliphatic rings. The summed E-state index contributed by atoms with van der Waals surface area (Å²) >= 11 is 11.9. The molecule has 0 aromatic heterocycles. The Kier molecular flexibility index (Phi) is 7.57. The van der Waals surface area contributed by atoms with Gasteiger partial charge in [-0.25, -0.2) is 4.79 Å². The molecule has 150 valence electrons. The van der Waals surface area contributed by atoms with E-state index in [1.54, 1.807) is 0 Å². The molecule has 0 aliphatic carbocycles. The van der Waals surface area contributed by atoms with Crippen molar-refractivity contribution in [2.45, 2.75) is 37.6 Å². The van der Waals surface area contributed by atoms with Gasteiger partial charge in [0.2, 0.25) is 5.91 Å². The first-order valence-corrected chi connectivity index (χ1v) is 8.42. The lowest BCUT2D eigenvalue weighted by Crippen LogP contribution is -2.53. The molecule has 0 heterocycles. The molecule has 0 fully saturated rings. The fourth-order valence-electron chi connectivity index (χ4n) is 2.63. The molecule has 2 N–H and O–H groups in total. The van der Waals surface area contributed by atoms with E-state index in [4.69, 9.17) is 33.7 Å². The fourth-order valence-corrected chi connectivity index (χ4v) is 2.94. The van der Waals surface area contributed by atoms with Gasteiger partial charge in [0.15, 0.2) is 6.10 Å². The zero-order valence-corrected chi connectivity index (χ0v) is 16.2. The number of amides is 2. The van der Waals surface area contributed by atoms with Crippen molar-refractivity contribution in [2.24, 2.45) is 5.73 Å². The number of hydrogen-bond donors (Lipinski definition) is 1. The number of rotatable bonds is 7. The van der Waals surface area contributed by atoms with E-state index in [-0.39, 0.29) is 16.5 Å². The Balaban J connectivity index is 3.44. The minimum absolute atomic E-state index is 0.00525. The molecule has 2 atom stereocenters. The Hall–Kier alpha value is -1.93. The van der Waals surface area contributed by atoms with E-state index in [0.717, 1.165) is 4.90 Å². The molecular weight excluding hydrogens is 408 g/mol. The van der Waals surface area contributed by atoms with Crippen molar-refractivity contribution in [1.82, 2.24) is 4.90 Å². The number of hydrogen-bond acceptors (Lipinski definition) is 3. The Bertz CT molecular complexity index is 728. The second-order valence-electron chi connectivity index (χ2n) is 6.09. The van der Waals surface area contributed by atoms with Gasteiger partial charge in [0.05, 0.1) is 15.6 Å². The van der Waals surface area contributed by atoms with Gasteiger partial charge < -0.3 is 15.4 Å². The number of carbonyl (C=O) groups excluding carboxylic acids is 2. The maximum atomic E-state index is 12.7. The van der Waals surface area contributed by atoms with Gasteiger partial charge in [-0.15, -0.1) is 6.58 Å². The van der Waals surface area contributed by atoms with Crippen LogP contribution >= 0.6 is 23.2 Å². The first kappa shape index (κ1) is 23.1. The molecule has 10 heteroatoms. The molecule has 2 unspecified atom stereocenters. The first-order valence-electron chi connectivity index (χ1n) is 7.67. The fraction of sp³-hybridized carbons (Fsp3) is 0.412. The maximum Gasteiger partial charge on any atom is 0.405 e. The van der Waals surface area contributed by atoms with Crippen LogP contribution in [0.25, 0.3) is 0 Å². The zero-order valence-electron chi connectivity index (χ0n) is 14.6. The third-order valence-corrected chi connectivity index (χ3v) is 4.83. The lowest BCUT2D eigenvalue weighted by Gasteiger charge is -2.43. The van der Waals surface area contributed by atoms with E-state index in [9.17, 15) is 22.8 Å². The quantitative estimate of drug-likeness (QED) is 0.631. The van der Waals surface area contributed by atoms with E-state index in [2.05, 4.69) is 6.58 Å². The van der Waals surface area contributed by atoms with Crippen molar-refractivity contribution in [3.8, 4) is 0 Å². The molecule has 5 nitrogen and oxygen atoms in total. The number of ether oxygens (including phenoxy) is 1. The normalized spacial score (nSPS) is 14.8. The van der Waals surface area contributed by atoms with Crippen LogP contribution in [0.15, 0.2) is 30.9 Å². The molecule has 1 aromatic rings. The largest absolute Gasteiger partial charge is 0.439 e. The Labute approximate surface area is 164 Å². The summed E-state index contributed by atoms with van der Waals surface area (Å²) in [6, 6.07) is 4.30. The number of benzene rings is 1. The number of alkyl halides is 3. The van der Waals surface area contributed by atoms with E-state index in [1.165, 1.54) is 38.2 Å². The number of carbonyl (C=O) groups is 2. The summed E-state index contributed by atoms with van der Waals surface area (Å²) in [7, 11) is 1.19. The summed E-state index contributed by atoms with van der Waals surface area (Å²) in [5.41, 5.74) is 4.02. The number of primary amides is 1. The van der Waals surface area contributed by atoms with Crippen LogP contribution in [0.2, 0.25) is 10.0 Å². The highest BCUT2D eigenvalue weighted by molar-refractivity contribution is 6.42. The SMILES string of the molecule is C=CCC(C)(C(OC(N)=O)c1ccc(Cl)c(Cl)c1)N(C)C(=O)CC(F)(F)F. The van der Waals surface area contributed by atoms with Gasteiger partial charge in [-0.3, -0.25) is 4.79 Å². The standard InChI is InChI=1S/C17H19Cl2F3N2O3/c1-4-7-16(2,24(3)13(25)9-17(20,21)22)14(27-15(23)26)10-5-6-11(18)12(19)8-10/h4-6,8,14H,1,7,9H2,2-3H3,(H2,23,26). The Morgan fingerprint density at radius 3 is 2.37 bits per heavy atom. The highest BCUT2D eigenvalue weighted by Gasteiger charge is 2.45. The molecule has 0 spiro atoms. The van der Waals surface area contributed by atoms with Crippen LogP contribution < -0.4 is 5.73 Å². The topological polar surface area (TPSA) is 72.6 Å². The molecule has 0 saturated carbocycles. The predicted octanol–water partition coefficient (Wildman–Crippen LogP) is 4.88.